The molecule has 1 aromatic rings. The van der Waals surface area contributed by atoms with E-state index in [1.807, 2.05) is 0 Å². The van der Waals surface area contributed by atoms with Crippen LogP contribution in [0.3, 0.4) is 0 Å². The first-order valence-corrected chi connectivity index (χ1v) is 4.52. The van der Waals surface area contributed by atoms with Gasteiger partial charge in [0.25, 0.3) is 0 Å². The van der Waals surface area contributed by atoms with Crippen LogP contribution in [0.2, 0.25) is 0 Å². The molecule has 2 rings (SSSR count). The zero-order chi connectivity index (χ0) is 9.80. The minimum Gasteiger partial charge on any atom is -0.378 e. The Morgan fingerprint density at radius 3 is 3.29 bits per heavy atom. The third kappa shape index (κ3) is 2.09. The molecular weight excluding hydrogens is 186 g/mol. The largest absolute Gasteiger partial charge is 0.378 e. The fourth-order valence-corrected chi connectivity index (χ4v) is 1.32. The number of aromatic nitrogens is 2. The molecule has 1 N–H and O–H groups in total. The molecule has 1 fully saturated rings. The summed E-state index contributed by atoms with van der Waals surface area (Å²) in [6.45, 7) is 2.49. The topological polar surface area (TPSA) is 69.4 Å². The van der Waals surface area contributed by atoms with E-state index in [1.54, 1.807) is 7.11 Å². The van der Waals surface area contributed by atoms with E-state index in [0.29, 0.717) is 24.9 Å². The molecule has 0 spiro atoms. The van der Waals surface area contributed by atoms with E-state index >= 15 is 0 Å². The molecule has 14 heavy (non-hydrogen) atoms. The first-order valence-electron chi connectivity index (χ1n) is 4.52. The highest BCUT2D eigenvalue weighted by Gasteiger charge is 2.21. The average Bonchev–Trinajstić information content (AvgIpc) is 2.68. The summed E-state index contributed by atoms with van der Waals surface area (Å²) in [5, 5.41) is 7.00. The summed E-state index contributed by atoms with van der Waals surface area (Å²) >= 11 is 0. The molecule has 78 valence electrons. The smallest absolute Gasteiger partial charge is 0.246 e. The number of hydrogen-bond donors (Lipinski definition) is 1. The Morgan fingerprint density at radius 1 is 1.64 bits per heavy atom. The normalized spacial score (nSPS) is 22.5. The fraction of sp³-hybridized carbons (Fsp3) is 0.750. The van der Waals surface area contributed by atoms with Gasteiger partial charge in [0.1, 0.15) is 12.6 Å². The lowest BCUT2D eigenvalue weighted by Crippen LogP contribution is -2.34. The molecule has 1 atom stereocenters. The minimum absolute atomic E-state index is 0.0156. The molecule has 2 heterocycles. The number of morpholine rings is 1. The lowest BCUT2D eigenvalue weighted by molar-refractivity contribution is 0.0659. The molecule has 1 saturated heterocycles. The Morgan fingerprint density at radius 2 is 2.57 bits per heavy atom. The van der Waals surface area contributed by atoms with Crippen LogP contribution in [-0.2, 0) is 16.1 Å². The van der Waals surface area contributed by atoms with Crippen LogP contribution < -0.4 is 5.32 Å². The second-order valence-corrected chi connectivity index (χ2v) is 3.06. The molecule has 6 nitrogen and oxygen atoms in total. The van der Waals surface area contributed by atoms with Crippen molar-refractivity contribution in [2.45, 2.75) is 12.6 Å². The maximum Gasteiger partial charge on any atom is 0.246 e. The number of nitrogens with one attached hydrogen (secondary N) is 1. The van der Waals surface area contributed by atoms with Crippen molar-refractivity contribution in [3.05, 3.63) is 11.7 Å². The third-order valence-corrected chi connectivity index (χ3v) is 1.98. The SMILES string of the molecule is COCc1noc(C2COCCN2)n1. The van der Waals surface area contributed by atoms with Crippen LogP contribution in [0.25, 0.3) is 0 Å². The zero-order valence-electron chi connectivity index (χ0n) is 8.02. The lowest BCUT2D eigenvalue weighted by Gasteiger charge is -2.20. The third-order valence-electron chi connectivity index (χ3n) is 1.98. The van der Waals surface area contributed by atoms with E-state index < -0.39 is 0 Å². The standard InChI is InChI=1S/C8H13N3O3/c1-12-5-7-10-8(14-11-7)6-4-13-3-2-9-6/h6,9H,2-5H2,1H3. The van der Waals surface area contributed by atoms with Crippen molar-refractivity contribution in [1.29, 1.82) is 0 Å². The summed E-state index contributed by atoms with van der Waals surface area (Å²) in [4.78, 5) is 4.18. The van der Waals surface area contributed by atoms with Gasteiger partial charge in [-0.3, -0.25) is 0 Å². The zero-order valence-corrected chi connectivity index (χ0v) is 8.02. The highest BCUT2D eigenvalue weighted by atomic mass is 16.5. The van der Waals surface area contributed by atoms with Crippen molar-refractivity contribution >= 4 is 0 Å². The van der Waals surface area contributed by atoms with Gasteiger partial charge in [-0.2, -0.15) is 4.98 Å². The predicted molar refractivity (Wildman–Crippen MR) is 46.6 cm³/mol. The van der Waals surface area contributed by atoms with Crippen LogP contribution in [0.1, 0.15) is 17.8 Å². The number of ether oxygens (including phenoxy) is 2. The predicted octanol–water partition coefficient (Wildman–Crippen LogP) is -0.123. The van der Waals surface area contributed by atoms with Crippen LogP contribution in [0.4, 0.5) is 0 Å². The van der Waals surface area contributed by atoms with E-state index in [-0.39, 0.29) is 6.04 Å². The molecule has 6 heteroatoms. The molecule has 1 aliphatic rings. The summed E-state index contributed by atoms with van der Waals surface area (Å²) in [5.41, 5.74) is 0. The van der Waals surface area contributed by atoms with Crippen molar-refractivity contribution in [3.63, 3.8) is 0 Å². The van der Waals surface area contributed by atoms with Gasteiger partial charge < -0.3 is 19.3 Å². The first kappa shape index (κ1) is 9.57. The Labute approximate surface area is 81.6 Å². The molecule has 1 unspecified atom stereocenters. The van der Waals surface area contributed by atoms with Crippen LogP contribution in [0.5, 0.6) is 0 Å². The average molecular weight is 199 g/mol. The van der Waals surface area contributed by atoms with Gasteiger partial charge in [0, 0.05) is 13.7 Å². The van der Waals surface area contributed by atoms with Gasteiger partial charge in [0.05, 0.1) is 13.2 Å². The van der Waals surface area contributed by atoms with E-state index in [9.17, 15) is 0 Å². The molecule has 0 saturated carbocycles. The van der Waals surface area contributed by atoms with Gasteiger partial charge in [-0.15, -0.1) is 0 Å². The van der Waals surface area contributed by atoms with E-state index in [0.717, 1.165) is 13.2 Å². The highest BCUT2D eigenvalue weighted by molar-refractivity contribution is 4.93. The van der Waals surface area contributed by atoms with Crippen molar-refractivity contribution in [2.24, 2.45) is 0 Å². The quantitative estimate of drug-likeness (QED) is 0.731. The Balaban J connectivity index is 2.00. The van der Waals surface area contributed by atoms with Crippen LogP contribution in [0, 0.1) is 0 Å². The van der Waals surface area contributed by atoms with Crippen molar-refractivity contribution < 1.29 is 14.0 Å². The number of rotatable bonds is 3. The Hall–Kier alpha value is -0.980. The molecular formula is C8H13N3O3. The van der Waals surface area contributed by atoms with Crippen molar-refractivity contribution in [3.8, 4) is 0 Å². The molecule has 0 bridgehead atoms. The number of nitrogens with zero attached hydrogens (tertiary/aromatic N) is 2. The molecule has 1 aromatic heterocycles. The van der Waals surface area contributed by atoms with Gasteiger partial charge in [-0.1, -0.05) is 5.16 Å². The Bertz CT molecular complexity index is 283. The van der Waals surface area contributed by atoms with E-state index in [1.165, 1.54) is 0 Å². The van der Waals surface area contributed by atoms with Crippen LogP contribution >= 0.6 is 0 Å². The van der Waals surface area contributed by atoms with Gasteiger partial charge in [0.2, 0.25) is 5.89 Å². The summed E-state index contributed by atoms with van der Waals surface area (Å²) in [5.74, 6) is 1.13. The highest BCUT2D eigenvalue weighted by Crippen LogP contribution is 2.13. The monoisotopic (exact) mass is 199 g/mol. The van der Waals surface area contributed by atoms with Crippen molar-refractivity contribution in [2.75, 3.05) is 26.9 Å². The summed E-state index contributed by atoms with van der Waals surface area (Å²) in [6.07, 6.45) is 0. The maximum absolute atomic E-state index is 5.28. The Kier molecular flexibility index (Phi) is 3.07. The minimum atomic E-state index is 0.0156. The number of hydrogen-bond acceptors (Lipinski definition) is 6. The lowest BCUT2D eigenvalue weighted by atomic mass is 10.3. The molecule has 0 radical (unpaired) electrons. The molecule has 0 amide bonds. The van der Waals surface area contributed by atoms with Gasteiger partial charge in [0.15, 0.2) is 5.82 Å². The first-order chi connectivity index (χ1) is 6.90. The molecule has 1 aliphatic heterocycles. The van der Waals surface area contributed by atoms with Crippen LogP contribution in [-0.4, -0.2) is 37.0 Å². The molecule has 0 aromatic carbocycles. The summed E-state index contributed by atoms with van der Waals surface area (Å²) < 4.78 is 15.2. The van der Waals surface area contributed by atoms with Gasteiger partial charge >= 0.3 is 0 Å². The second kappa shape index (κ2) is 4.50. The van der Waals surface area contributed by atoms with Gasteiger partial charge in [-0.25, -0.2) is 0 Å². The van der Waals surface area contributed by atoms with Crippen molar-refractivity contribution in [1.82, 2.24) is 15.5 Å². The van der Waals surface area contributed by atoms with E-state index in [4.69, 9.17) is 14.0 Å². The number of methoxy groups -OCH3 is 1. The van der Waals surface area contributed by atoms with Crippen LogP contribution in [0.15, 0.2) is 4.52 Å². The summed E-state index contributed by atoms with van der Waals surface area (Å²) in [7, 11) is 1.60. The summed E-state index contributed by atoms with van der Waals surface area (Å²) in [6, 6.07) is 0.0156. The van der Waals surface area contributed by atoms with E-state index in [2.05, 4.69) is 15.5 Å². The molecule has 0 aliphatic carbocycles. The second-order valence-electron chi connectivity index (χ2n) is 3.06. The van der Waals surface area contributed by atoms with Gasteiger partial charge in [-0.05, 0) is 0 Å². The fourth-order valence-electron chi connectivity index (χ4n) is 1.32. The maximum atomic E-state index is 5.28.